The Hall–Kier alpha value is -0.570. The van der Waals surface area contributed by atoms with E-state index in [9.17, 15) is 4.79 Å². The van der Waals surface area contributed by atoms with Gasteiger partial charge in [0.05, 0.1) is 0 Å². The molecule has 0 aromatic carbocycles. The number of carbonyl (C=O) groups excluding carboxylic acids is 1. The van der Waals surface area contributed by atoms with Gasteiger partial charge in [0.25, 0.3) is 0 Å². The maximum absolute atomic E-state index is 10.6. The van der Waals surface area contributed by atoms with Crippen molar-refractivity contribution in [2.75, 3.05) is 0 Å². The van der Waals surface area contributed by atoms with Gasteiger partial charge in [0, 0.05) is 12.5 Å². The predicted octanol–water partition coefficient (Wildman–Crippen LogP) is 2.33. The lowest BCUT2D eigenvalue weighted by molar-refractivity contribution is -0.118. The number of primary amides is 1. The van der Waals surface area contributed by atoms with Crippen molar-refractivity contribution in [2.45, 2.75) is 70.8 Å². The molecular weight excluding hydrogens is 188 g/mol. The first kappa shape index (κ1) is 14.4. The molecule has 0 fully saturated rings. The monoisotopic (exact) mass is 214 g/mol. The molecule has 1 atom stereocenters. The van der Waals surface area contributed by atoms with E-state index in [0.29, 0.717) is 6.42 Å². The molecule has 0 aromatic rings. The van der Waals surface area contributed by atoms with E-state index in [1.165, 1.54) is 38.5 Å². The van der Waals surface area contributed by atoms with E-state index in [-0.39, 0.29) is 11.9 Å². The smallest absolute Gasteiger partial charge is 0.218 e. The van der Waals surface area contributed by atoms with Crippen LogP contribution in [0.5, 0.6) is 0 Å². The molecule has 0 saturated carbocycles. The Labute approximate surface area is 93.6 Å². The van der Waals surface area contributed by atoms with E-state index in [1.807, 2.05) is 0 Å². The molecule has 0 aliphatic heterocycles. The van der Waals surface area contributed by atoms with Crippen LogP contribution in [0.15, 0.2) is 0 Å². The standard InChI is InChI=1S/C12H26N2O/c1-2-3-4-5-6-7-8-9-11(13)10-12(14)15/h11H,2-10,13H2,1H3,(H2,14,15). The SMILES string of the molecule is CCCCCCCCCC(N)CC(N)=O. The van der Waals surface area contributed by atoms with Gasteiger partial charge in [-0.05, 0) is 6.42 Å². The number of hydrogen-bond donors (Lipinski definition) is 2. The van der Waals surface area contributed by atoms with Crippen LogP contribution in [0.25, 0.3) is 0 Å². The Balaban J connectivity index is 3.13. The van der Waals surface area contributed by atoms with Gasteiger partial charge in [-0.15, -0.1) is 0 Å². The first-order valence-electron chi connectivity index (χ1n) is 6.20. The van der Waals surface area contributed by atoms with Crippen molar-refractivity contribution in [3.63, 3.8) is 0 Å². The Morgan fingerprint density at radius 1 is 1.07 bits per heavy atom. The number of unbranched alkanes of at least 4 members (excludes halogenated alkanes) is 6. The minimum atomic E-state index is -0.287. The molecule has 0 saturated heterocycles. The predicted molar refractivity (Wildman–Crippen MR) is 64.4 cm³/mol. The lowest BCUT2D eigenvalue weighted by Gasteiger charge is -2.08. The number of carbonyl (C=O) groups is 1. The van der Waals surface area contributed by atoms with E-state index >= 15 is 0 Å². The second kappa shape index (κ2) is 9.97. The molecule has 0 radical (unpaired) electrons. The molecule has 1 unspecified atom stereocenters. The van der Waals surface area contributed by atoms with Gasteiger partial charge in [0.2, 0.25) is 5.91 Å². The average molecular weight is 214 g/mol. The molecule has 4 N–H and O–H groups in total. The van der Waals surface area contributed by atoms with Gasteiger partial charge in [-0.2, -0.15) is 0 Å². The molecular formula is C12H26N2O. The van der Waals surface area contributed by atoms with Crippen LogP contribution in [0.4, 0.5) is 0 Å². The molecule has 3 heteroatoms. The van der Waals surface area contributed by atoms with Crippen LogP contribution in [0.1, 0.15) is 64.7 Å². The van der Waals surface area contributed by atoms with Gasteiger partial charge in [0.1, 0.15) is 0 Å². The van der Waals surface area contributed by atoms with Crippen LogP contribution in [0.2, 0.25) is 0 Å². The minimum Gasteiger partial charge on any atom is -0.370 e. The molecule has 3 nitrogen and oxygen atoms in total. The molecule has 0 bridgehead atoms. The Morgan fingerprint density at radius 2 is 1.60 bits per heavy atom. The number of hydrogen-bond acceptors (Lipinski definition) is 2. The zero-order valence-corrected chi connectivity index (χ0v) is 10.0. The van der Waals surface area contributed by atoms with Crippen LogP contribution in [-0.2, 0) is 4.79 Å². The van der Waals surface area contributed by atoms with Crippen molar-refractivity contribution in [3.05, 3.63) is 0 Å². The fourth-order valence-electron chi connectivity index (χ4n) is 1.72. The number of nitrogens with two attached hydrogens (primary N) is 2. The molecule has 0 rings (SSSR count). The molecule has 0 heterocycles. The summed E-state index contributed by atoms with van der Waals surface area (Å²) in [6.45, 7) is 2.23. The Bertz CT molecular complexity index is 160. The van der Waals surface area contributed by atoms with Crippen LogP contribution < -0.4 is 11.5 Å². The number of amides is 1. The molecule has 1 amide bonds. The fraction of sp³-hybridized carbons (Fsp3) is 0.917. The minimum absolute atomic E-state index is 0.0295. The third-order valence-corrected chi connectivity index (χ3v) is 2.64. The summed E-state index contributed by atoms with van der Waals surface area (Å²) in [5, 5.41) is 0. The van der Waals surface area contributed by atoms with Crippen molar-refractivity contribution >= 4 is 5.91 Å². The highest BCUT2D eigenvalue weighted by Crippen LogP contribution is 2.09. The van der Waals surface area contributed by atoms with Crippen LogP contribution in [0.3, 0.4) is 0 Å². The van der Waals surface area contributed by atoms with Gasteiger partial charge < -0.3 is 11.5 Å². The van der Waals surface area contributed by atoms with E-state index in [4.69, 9.17) is 11.5 Å². The summed E-state index contributed by atoms with van der Waals surface area (Å²) >= 11 is 0. The molecule has 0 spiro atoms. The van der Waals surface area contributed by atoms with Crippen molar-refractivity contribution < 1.29 is 4.79 Å². The second-order valence-corrected chi connectivity index (χ2v) is 4.34. The van der Waals surface area contributed by atoms with Crippen LogP contribution in [-0.4, -0.2) is 11.9 Å². The maximum atomic E-state index is 10.6. The summed E-state index contributed by atoms with van der Waals surface area (Å²) < 4.78 is 0. The lowest BCUT2D eigenvalue weighted by atomic mass is 10.0. The van der Waals surface area contributed by atoms with E-state index in [2.05, 4.69) is 6.92 Å². The van der Waals surface area contributed by atoms with Crippen molar-refractivity contribution in [1.82, 2.24) is 0 Å². The molecule has 0 aliphatic rings. The Morgan fingerprint density at radius 3 is 2.13 bits per heavy atom. The molecule has 15 heavy (non-hydrogen) atoms. The fourth-order valence-corrected chi connectivity index (χ4v) is 1.72. The molecule has 0 aliphatic carbocycles. The molecule has 0 aromatic heterocycles. The van der Waals surface area contributed by atoms with Gasteiger partial charge in [-0.25, -0.2) is 0 Å². The summed E-state index contributed by atoms with van der Waals surface area (Å²) in [5.74, 6) is -0.287. The van der Waals surface area contributed by atoms with Crippen LogP contribution in [0, 0.1) is 0 Å². The lowest BCUT2D eigenvalue weighted by Crippen LogP contribution is -2.27. The highest BCUT2D eigenvalue weighted by atomic mass is 16.1. The van der Waals surface area contributed by atoms with Crippen molar-refractivity contribution in [3.8, 4) is 0 Å². The maximum Gasteiger partial charge on any atom is 0.218 e. The average Bonchev–Trinajstić information content (AvgIpc) is 2.15. The van der Waals surface area contributed by atoms with Gasteiger partial charge in [0.15, 0.2) is 0 Å². The van der Waals surface area contributed by atoms with Crippen molar-refractivity contribution in [2.24, 2.45) is 11.5 Å². The van der Waals surface area contributed by atoms with E-state index < -0.39 is 0 Å². The summed E-state index contributed by atoms with van der Waals surface area (Å²) in [5.41, 5.74) is 10.8. The summed E-state index contributed by atoms with van der Waals surface area (Å²) in [6, 6.07) is -0.0295. The summed E-state index contributed by atoms with van der Waals surface area (Å²) in [6.07, 6.45) is 10.2. The zero-order chi connectivity index (χ0) is 11.5. The summed E-state index contributed by atoms with van der Waals surface area (Å²) in [4.78, 5) is 10.6. The quantitative estimate of drug-likeness (QED) is 0.548. The van der Waals surface area contributed by atoms with E-state index in [1.54, 1.807) is 0 Å². The second-order valence-electron chi connectivity index (χ2n) is 4.34. The highest BCUT2D eigenvalue weighted by Gasteiger charge is 2.05. The third kappa shape index (κ3) is 11.4. The van der Waals surface area contributed by atoms with E-state index in [0.717, 1.165) is 12.8 Å². The highest BCUT2D eigenvalue weighted by molar-refractivity contribution is 5.74. The van der Waals surface area contributed by atoms with Gasteiger partial charge in [-0.1, -0.05) is 51.9 Å². The number of rotatable bonds is 10. The van der Waals surface area contributed by atoms with Crippen molar-refractivity contribution in [1.29, 1.82) is 0 Å². The first-order chi connectivity index (χ1) is 7.16. The van der Waals surface area contributed by atoms with Gasteiger partial charge >= 0.3 is 0 Å². The topological polar surface area (TPSA) is 69.1 Å². The largest absolute Gasteiger partial charge is 0.370 e. The summed E-state index contributed by atoms with van der Waals surface area (Å²) in [7, 11) is 0. The third-order valence-electron chi connectivity index (χ3n) is 2.64. The molecule has 90 valence electrons. The Kier molecular flexibility index (Phi) is 9.59. The normalized spacial score (nSPS) is 12.7. The van der Waals surface area contributed by atoms with Crippen LogP contribution >= 0.6 is 0 Å². The first-order valence-corrected chi connectivity index (χ1v) is 6.20. The van der Waals surface area contributed by atoms with Gasteiger partial charge in [-0.3, -0.25) is 4.79 Å². The zero-order valence-electron chi connectivity index (χ0n) is 10.0.